The molecule has 0 amide bonds. The Bertz CT molecular complexity index is 1550. The summed E-state index contributed by atoms with van der Waals surface area (Å²) in [5, 5.41) is 0. The highest BCUT2D eigenvalue weighted by Gasteiger charge is 2.35. The van der Waals surface area contributed by atoms with Gasteiger partial charge in [0.2, 0.25) is 6.79 Å². The second kappa shape index (κ2) is 9.07. The predicted octanol–water partition coefficient (Wildman–Crippen LogP) is 2.84. The van der Waals surface area contributed by atoms with Crippen LogP contribution in [0.4, 0.5) is 0 Å². The maximum Gasteiger partial charge on any atom is 0.338 e. The van der Waals surface area contributed by atoms with Crippen molar-refractivity contribution in [2.45, 2.75) is 26.8 Å². The fourth-order valence-electron chi connectivity index (χ4n) is 4.33. The fourth-order valence-corrected chi connectivity index (χ4v) is 5.37. The third-order valence-corrected chi connectivity index (χ3v) is 6.98. The second-order valence-corrected chi connectivity index (χ2v) is 9.12. The summed E-state index contributed by atoms with van der Waals surface area (Å²) in [5.74, 6) is 1.38. The van der Waals surface area contributed by atoms with Gasteiger partial charge < -0.3 is 18.9 Å². The molecular weight excluding hydrogens is 468 g/mol. The molecule has 3 aromatic rings. The number of carbonyl (C=O) groups excluding carboxylic acids is 1. The van der Waals surface area contributed by atoms with Crippen molar-refractivity contribution < 1.29 is 23.7 Å². The molecular formula is C26H24N2O6S. The Kier molecular flexibility index (Phi) is 5.94. The third kappa shape index (κ3) is 3.91. The number of hydrogen-bond donors (Lipinski definition) is 0. The van der Waals surface area contributed by atoms with Gasteiger partial charge in [-0.05, 0) is 56.2 Å². The number of methoxy groups -OCH3 is 1. The highest BCUT2D eigenvalue weighted by molar-refractivity contribution is 7.07. The molecule has 0 N–H and O–H groups in total. The van der Waals surface area contributed by atoms with Crippen LogP contribution in [0.25, 0.3) is 6.08 Å². The molecule has 0 saturated carbocycles. The van der Waals surface area contributed by atoms with E-state index in [1.54, 1.807) is 31.6 Å². The predicted molar refractivity (Wildman–Crippen MR) is 131 cm³/mol. The summed E-state index contributed by atoms with van der Waals surface area (Å²) in [6, 6.07) is 10.4. The Morgan fingerprint density at radius 2 is 1.97 bits per heavy atom. The van der Waals surface area contributed by atoms with Crippen LogP contribution in [0.15, 0.2) is 57.5 Å². The average Bonchev–Trinajstić information content (AvgIpc) is 3.42. The summed E-state index contributed by atoms with van der Waals surface area (Å²) in [6.07, 6.45) is 1.82. The van der Waals surface area contributed by atoms with Gasteiger partial charge in [0.15, 0.2) is 16.3 Å². The lowest BCUT2D eigenvalue weighted by molar-refractivity contribution is -0.139. The summed E-state index contributed by atoms with van der Waals surface area (Å²) < 4.78 is 23.9. The number of para-hydroxylation sites is 1. The van der Waals surface area contributed by atoms with Crippen LogP contribution >= 0.6 is 11.3 Å². The Balaban J connectivity index is 1.74. The lowest BCUT2D eigenvalue weighted by Gasteiger charge is -2.25. The minimum atomic E-state index is -0.735. The molecule has 180 valence electrons. The molecule has 0 aliphatic carbocycles. The first kappa shape index (κ1) is 22.9. The quantitative estimate of drug-likeness (QED) is 0.509. The Hall–Kier alpha value is -3.85. The van der Waals surface area contributed by atoms with Crippen molar-refractivity contribution in [2.24, 2.45) is 4.99 Å². The highest BCUT2D eigenvalue weighted by Crippen LogP contribution is 2.36. The molecule has 0 unspecified atom stereocenters. The van der Waals surface area contributed by atoms with E-state index >= 15 is 0 Å². The van der Waals surface area contributed by atoms with Gasteiger partial charge in [0.25, 0.3) is 5.56 Å². The molecule has 2 aliphatic rings. The summed E-state index contributed by atoms with van der Waals surface area (Å²) in [7, 11) is 1.56. The molecule has 35 heavy (non-hydrogen) atoms. The molecule has 0 saturated heterocycles. The van der Waals surface area contributed by atoms with E-state index in [-0.39, 0.29) is 19.0 Å². The van der Waals surface area contributed by atoms with Crippen molar-refractivity contribution in [3.63, 3.8) is 0 Å². The smallest absolute Gasteiger partial charge is 0.338 e. The number of thiazole rings is 1. The van der Waals surface area contributed by atoms with Crippen molar-refractivity contribution in [1.82, 2.24) is 4.57 Å². The molecule has 9 heteroatoms. The minimum Gasteiger partial charge on any atom is -0.496 e. The van der Waals surface area contributed by atoms with E-state index in [0.717, 1.165) is 11.1 Å². The molecule has 2 aromatic carbocycles. The van der Waals surface area contributed by atoms with Gasteiger partial charge >= 0.3 is 5.97 Å². The molecule has 8 nitrogen and oxygen atoms in total. The topological polar surface area (TPSA) is 88.4 Å². The van der Waals surface area contributed by atoms with Crippen LogP contribution in [0.2, 0.25) is 0 Å². The molecule has 5 rings (SSSR count). The lowest BCUT2D eigenvalue weighted by atomic mass is 9.95. The zero-order valence-corrected chi connectivity index (χ0v) is 20.6. The van der Waals surface area contributed by atoms with Crippen LogP contribution in [-0.4, -0.2) is 31.0 Å². The normalized spacial score (nSPS) is 16.7. The van der Waals surface area contributed by atoms with Crippen LogP contribution in [0.3, 0.4) is 0 Å². The number of aryl methyl sites for hydroxylation is 1. The largest absolute Gasteiger partial charge is 0.496 e. The van der Waals surface area contributed by atoms with E-state index in [1.165, 1.54) is 11.3 Å². The van der Waals surface area contributed by atoms with Crippen LogP contribution in [0, 0.1) is 6.92 Å². The van der Waals surface area contributed by atoms with Crippen molar-refractivity contribution in [2.75, 3.05) is 20.5 Å². The highest BCUT2D eigenvalue weighted by atomic mass is 32.1. The monoisotopic (exact) mass is 492 g/mol. The Morgan fingerprint density at radius 3 is 2.71 bits per heavy atom. The molecule has 0 fully saturated rings. The number of esters is 1. The van der Waals surface area contributed by atoms with E-state index in [2.05, 4.69) is 4.99 Å². The van der Waals surface area contributed by atoms with Gasteiger partial charge in [0.05, 0.1) is 29.5 Å². The molecule has 1 aromatic heterocycles. The van der Waals surface area contributed by atoms with Gasteiger partial charge in [-0.3, -0.25) is 9.36 Å². The standard InChI is InChI=1S/C26H24N2O6S/c1-5-32-25(30)22-15(3)27-26-28(23(22)17-8-6-7-9-18(17)31-4)24(29)21(35-26)12-16-11-20-19(10-14(16)2)33-13-34-20/h6-12,23H,5,13H2,1-4H3/b21-12-/t23-/m1/s1. The zero-order chi connectivity index (χ0) is 24.7. The van der Waals surface area contributed by atoms with Crippen molar-refractivity contribution >= 4 is 23.4 Å². The SMILES string of the molecule is CCOC(=O)C1=C(C)N=c2s/c(=C\c3cc4c(cc3C)OCO4)c(=O)n2[C@@H]1c1ccccc1OC. The summed E-state index contributed by atoms with van der Waals surface area (Å²) >= 11 is 1.27. The number of benzene rings is 2. The van der Waals surface area contributed by atoms with E-state index in [9.17, 15) is 9.59 Å². The molecule has 1 atom stereocenters. The van der Waals surface area contributed by atoms with Gasteiger partial charge in [-0.1, -0.05) is 29.5 Å². The van der Waals surface area contributed by atoms with E-state index in [1.807, 2.05) is 43.3 Å². The molecule has 2 aliphatic heterocycles. The van der Waals surface area contributed by atoms with E-state index < -0.39 is 12.0 Å². The number of fused-ring (bicyclic) bond motifs is 2. The van der Waals surface area contributed by atoms with Gasteiger partial charge in [-0.25, -0.2) is 9.79 Å². The third-order valence-electron chi connectivity index (χ3n) is 6.00. The van der Waals surface area contributed by atoms with Gasteiger partial charge in [0, 0.05) is 5.56 Å². The van der Waals surface area contributed by atoms with Crippen LogP contribution in [0.1, 0.15) is 36.6 Å². The molecule has 3 heterocycles. The van der Waals surface area contributed by atoms with Crippen LogP contribution < -0.4 is 29.1 Å². The Morgan fingerprint density at radius 1 is 1.23 bits per heavy atom. The van der Waals surface area contributed by atoms with Gasteiger partial charge in [-0.2, -0.15) is 0 Å². The lowest BCUT2D eigenvalue weighted by Crippen LogP contribution is -2.40. The summed E-state index contributed by atoms with van der Waals surface area (Å²) in [4.78, 5) is 31.9. The average molecular weight is 493 g/mol. The first-order chi connectivity index (χ1) is 16.9. The van der Waals surface area contributed by atoms with Gasteiger partial charge in [-0.15, -0.1) is 0 Å². The van der Waals surface area contributed by atoms with Crippen molar-refractivity contribution in [3.8, 4) is 17.2 Å². The number of allylic oxidation sites excluding steroid dienone is 1. The first-order valence-corrected chi connectivity index (χ1v) is 12.0. The minimum absolute atomic E-state index is 0.176. The van der Waals surface area contributed by atoms with Crippen LogP contribution in [0.5, 0.6) is 17.2 Å². The summed E-state index contributed by atoms with van der Waals surface area (Å²) in [6.45, 7) is 5.84. The van der Waals surface area contributed by atoms with Crippen LogP contribution in [-0.2, 0) is 9.53 Å². The maximum atomic E-state index is 13.8. The number of ether oxygens (including phenoxy) is 4. The van der Waals surface area contributed by atoms with Crippen molar-refractivity contribution in [3.05, 3.63) is 84.0 Å². The fraction of sp³-hybridized carbons (Fsp3) is 0.269. The second-order valence-electron chi connectivity index (χ2n) is 8.11. The molecule has 0 radical (unpaired) electrons. The zero-order valence-electron chi connectivity index (χ0n) is 19.8. The number of aromatic nitrogens is 1. The first-order valence-electron chi connectivity index (χ1n) is 11.2. The van der Waals surface area contributed by atoms with Gasteiger partial charge in [0.1, 0.15) is 11.8 Å². The maximum absolute atomic E-state index is 13.8. The Labute approximate surface area is 205 Å². The molecule has 0 spiro atoms. The summed E-state index contributed by atoms with van der Waals surface area (Å²) in [5.41, 5.74) is 3.04. The number of carbonyl (C=O) groups is 1. The van der Waals surface area contributed by atoms with E-state index in [0.29, 0.717) is 43.4 Å². The van der Waals surface area contributed by atoms with E-state index in [4.69, 9.17) is 18.9 Å². The molecule has 0 bridgehead atoms. The number of rotatable bonds is 5. The number of nitrogens with zero attached hydrogens (tertiary/aromatic N) is 2. The number of hydrogen-bond acceptors (Lipinski definition) is 8. The van der Waals surface area contributed by atoms with Crippen molar-refractivity contribution in [1.29, 1.82) is 0 Å².